The van der Waals surface area contributed by atoms with Crippen LogP contribution in [-0.2, 0) is 5.60 Å². The highest BCUT2D eigenvalue weighted by Crippen LogP contribution is 2.47. The topological polar surface area (TPSA) is 46.2 Å². The van der Waals surface area contributed by atoms with E-state index in [0.717, 1.165) is 16.0 Å². The minimum atomic E-state index is -0.885. The molecule has 82 valence electrons. The van der Waals surface area contributed by atoms with Gasteiger partial charge in [0.15, 0.2) is 0 Å². The summed E-state index contributed by atoms with van der Waals surface area (Å²) in [6.45, 7) is 0. The fourth-order valence-electron chi connectivity index (χ4n) is 2.48. The molecule has 2 nitrogen and oxygen atoms in total. The van der Waals surface area contributed by atoms with Gasteiger partial charge in [0.2, 0.25) is 0 Å². The van der Waals surface area contributed by atoms with Crippen molar-refractivity contribution in [1.29, 1.82) is 0 Å². The number of aliphatic hydroxyl groups is 1. The van der Waals surface area contributed by atoms with E-state index in [0.29, 0.717) is 6.42 Å². The summed E-state index contributed by atoms with van der Waals surface area (Å²) in [5.41, 5.74) is 7.22. The maximum atomic E-state index is 10.8. The van der Waals surface area contributed by atoms with Crippen LogP contribution in [0, 0.1) is 0 Å². The Morgan fingerprint density at radius 2 is 2.06 bits per heavy atom. The Morgan fingerprint density at radius 3 is 2.81 bits per heavy atom. The standard InChI is InChI=1S/C13H13NOS/c14-11-8-13(15,12-6-3-7-16-12)10-5-2-1-4-9(10)11/h1-7,11,15H,8,14H2. The normalized spacial score (nSPS) is 28.0. The Labute approximate surface area is 98.4 Å². The number of fused-ring (bicyclic) bond motifs is 1. The average Bonchev–Trinajstić information content (AvgIpc) is 2.89. The molecule has 0 aliphatic heterocycles. The summed E-state index contributed by atoms with van der Waals surface area (Å²) < 4.78 is 0. The van der Waals surface area contributed by atoms with Gasteiger partial charge in [-0.15, -0.1) is 11.3 Å². The third-order valence-corrected chi connectivity index (χ3v) is 4.27. The fraction of sp³-hybridized carbons (Fsp3) is 0.231. The smallest absolute Gasteiger partial charge is 0.126 e. The van der Waals surface area contributed by atoms with Gasteiger partial charge in [0, 0.05) is 17.3 Å². The second-order valence-corrected chi connectivity index (χ2v) is 5.18. The summed E-state index contributed by atoms with van der Waals surface area (Å²) in [5.74, 6) is 0. The molecule has 2 unspecified atom stereocenters. The SMILES string of the molecule is NC1CC(O)(c2cccs2)c2ccccc21. The Morgan fingerprint density at radius 1 is 1.25 bits per heavy atom. The van der Waals surface area contributed by atoms with Crippen LogP contribution in [0.1, 0.15) is 28.5 Å². The predicted molar refractivity (Wildman–Crippen MR) is 65.3 cm³/mol. The van der Waals surface area contributed by atoms with Crippen molar-refractivity contribution in [3.8, 4) is 0 Å². The fourth-order valence-corrected chi connectivity index (χ4v) is 3.33. The van der Waals surface area contributed by atoms with E-state index >= 15 is 0 Å². The lowest BCUT2D eigenvalue weighted by Gasteiger charge is -2.22. The number of thiophene rings is 1. The highest BCUT2D eigenvalue weighted by molar-refractivity contribution is 7.10. The first kappa shape index (κ1) is 10.0. The van der Waals surface area contributed by atoms with Crippen molar-refractivity contribution in [2.45, 2.75) is 18.1 Å². The quantitative estimate of drug-likeness (QED) is 0.791. The van der Waals surface area contributed by atoms with Gasteiger partial charge >= 0.3 is 0 Å². The molecular weight excluding hydrogens is 218 g/mol. The molecule has 1 aromatic carbocycles. The second-order valence-electron chi connectivity index (χ2n) is 4.24. The summed E-state index contributed by atoms with van der Waals surface area (Å²) in [7, 11) is 0. The Balaban J connectivity index is 2.19. The molecule has 0 spiro atoms. The molecule has 2 atom stereocenters. The van der Waals surface area contributed by atoms with Crippen molar-refractivity contribution in [3.63, 3.8) is 0 Å². The average molecular weight is 231 g/mol. The van der Waals surface area contributed by atoms with Gasteiger partial charge in [0.05, 0.1) is 0 Å². The highest BCUT2D eigenvalue weighted by atomic mass is 32.1. The monoisotopic (exact) mass is 231 g/mol. The van der Waals surface area contributed by atoms with E-state index in [2.05, 4.69) is 0 Å². The van der Waals surface area contributed by atoms with Crippen LogP contribution < -0.4 is 5.73 Å². The number of rotatable bonds is 1. The zero-order chi connectivity index (χ0) is 11.2. The zero-order valence-corrected chi connectivity index (χ0v) is 9.58. The maximum absolute atomic E-state index is 10.8. The Kier molecular flexibility index (Phi) is 2.14. The van der Waals surface area contributed by atoms with Crippen molar-refractivity contribution in [1.82, 2.24) is 0 Å². The second kappa shape index (κ2) is 3.42. The lowest BCUT2D eigenvalue weighted by Crippen LogP contribution is -2.23. The van der Waals surface area contributed by atoms with Gasteiger partial charge in [0.1, 0.15) is 5.60 Å². The molecule has 3 N–H and O–H groups in total. The molecule has 1 aliphatic rings. The van der Waals surface area contributed by atoms with Crippen molar-refractivity contribution in [2.24, 2.45) is 5.73 Å². The van der Waals surface area contributed by atoms with Gasteiger partial charge in [-0.25, -0.2) is 0 Å². The zero-order valence-electron chi connectivity index (χ0n) is 8.76. The molecule has 0 amide bonds. The maximum Gasteiger partial charge on any atom is 0.126 e. The molecule has 1 aliphatic carbocycles. The number of hydrogen-bond donors (Lipinski definition) is 2. The van der Waals surface area contributed by atoms with E-state index in [1.807, 2.05) is 41.8 Å². The number of benzene rings is 1. The molecule has 3 heteroatoms. The Hall–Kier alpha value is -1.16. The van der Waals surface area contributed by atoms with E-state index in [-0.39, 0.29) is 6.04 Å². The summed E-state index contributed by atoms with van der Waals surface area (Å²) in [4.78, 5) is 0.980. The Bertz CT molecular complexity index is 508. The van der Waals surface area contributed by atoms with Gasteiger partial charge in [-0.1, -0.05) is 30.3 Å². The van der Waals surface area contributed by atoms with Gasteiger partial charge < -0.3 is 10.8 Å². The van der Waals surface area contributed by atoms with Gasteiger partial charge in [-0.3, -0.25) is 0 Å². The van der Waals surface area contributed by atoms with Crippen LogP contribution in [0.15, 0.2) is 41.8 Å². The van der Waals surface area contributed by atoms with Crippen molar-refractivity contribution in [3.05, 3.63) is 57.8 Å². The van der Waals surface area contributed by atoms with Gasteiger partial charge in [-0.05, 0) is 22.6 Å². The van der Waals surface area contributed by atoms with E-state index in [9.17, 15) is 5.11 Å². The summed E-state index contributed by atoms with van der Waals surface area (Å²) in [6.07, 6.45) is 0.576. The summed E-state index contributed by atoms with van der Waals surface area (Å²) in [6, 6.07) is 11.8. The lowest BCUT2D eigenvalue weighted by atomic mass is 9.94. The molecule has 0 saturated carbocycles. The first-order valence-electron chi connectivity index (χ1n) is 5.33. The molecule has 0 fully saturated rings. The van der Waals surface area contributed by atoms with Crippen LogP contribution in [0.3, 0.4) is 0 Å². The van der Waals surface area contributed by atoms with E-state index < -0.39 is 5.60 Å². The van der Waals surface area contributed by atoms with Crippen LogP contribution in [0.4, 0.5) is 0 Å². The first-order chi connectivity index (χ1) is 7.72. The third kappa shape index (κ3) is 1.26. The van der Waals surface area contributed by atoms with E-state index in [1.165, 1.54) is 0 Å². The van der Waals surface area contributed by atoms with Crippen LogP contribution >= 0.6 is 11.3 Å². The lowest BCUT2D eigenvalue weighted by molar-refractivity contribution is 0.0814. The van der Waals surface area contributed by atoms with Crippen LogP contribution in [-0.4, -0.2) is 5.11 Å². The van der Waals surface area contributed by atoms with Crippen molar-refractivity contribution >= 4 is 11.3 Å². The molecule has 0 radical (unpaired) electrons. The molecule has 0 saturated heterocycles. The minimum absolute atomic E-state index is 0.0664. The van der Waals surface area contributed by atoms with Crippen LogP contribution in [0.25, 0.3) is 0 Å². The van der Waals surface area contributed by atoms with Gasteiger partial charge in [0.25, 0.3) is 0 Å². The van der Waals surface area contributed by atoms with Crippen LogP contribution in [0.2, 0.25) is 0 Å². The highest BCUT2D eigenvalue weighted by Gasteiger charge is 2.42. The minimum Gasteiger partial charge on any atom is -0.379 e. The van der Waals surface area contributed by atoms with Gasteiger partial charge in [-0.2, -0.15) is 0 Å². The molecule has 3 rings (SSSR count). The molecule has 16 heavy (non-hydrogen) atoms. The molecule has 0 bridgehead atoms. The van der Waals surface area contributed by atoms with E-state index in [4.69, 9.17) is 5.73 Å². The van der Waals surface area contributed by atoms with Crippen LogP contribution in [0.5, 0.6) is 0 Å². The number of nitrogens with two attached hydrogens (primary N) is 1. The van der Waals surface area contributed by atoms with Crippen molar-refractivity contribution < 1.29 is 5.11 Å². The summed E-state index contributed by atoms with van der Waals surface area (Å²) >= 11 is 1.58. The predicted octanol–water partition coefficient (Wildman–Crippen LogP) is 2.39. The number of hydrogen-bond acceptors (Lipinski definition) is 3. The van der Waals surface area contributed by atoms with Crippen molar-refractivity contribution in [2.75, 3.05) is 0 Å². The first-order valence-corrected chi connectivity index (χ1v) is 6.21. The molecular formula is C13H13NOS. The summed E-state index contributed by atoms with van der Waals surface area (Å²) in [5, 5.41) is 12.8. The third-order valence-electron chi connectivity index (χ3n) is 3.25. The molecule has 2 aromatic rings. The van der Waals surface area contributed by atoms with E-state index in [1.54, 1.807) is 11.3 Å². The largest absolute Gasteiger partial charge is 0.379 e. The molecule has 1 aromatic heterocycles. The molecule has 1 heterocycles.